The van der Waals surface area contributed by atoms with Crippen molar-refractivity contribution in [2.75, 3.05) is 19.6 Å². The molecule has 4 aromatic rings. The molecule has 2 atom stereocenters. The third kappa shape index (κ3) is 5.35. The summed E-state index contributed by atoms with van der Waals surface area (Å²) in [4.78, 5) is 18.3. The molecule has 1 fully saturated rings. The van der Waals surface area contributed by atoms with Crippen LogP contribution in [0.5, 0.6) is 0 Å². The van der Waals surface area contributed by atoms with Crippen molar-refractivity contribution in [1.82, 2.24) is 19.6 Å². The molecule has 3 aromatic carbocycles. The van der Waals surface area contributed by atoms with Gasteiger partial charge in [-0.15, -0.1) is 0 Å². The van der Waals surface area contributed by atoms with Gasteiger partial charge in [-0.1, -0.05) is 78.9 Å². The highest BCUT2D eigenvalue weighted by molar-refractivity contribution is 5.99. The van der Waals surface area contributed by atoms with Gasteiger partial charge in [-0.25, -0.2) is 0 Å². The number of rotatable bonds is 9. The second-order valence-corrected chi connectivity index (χ2v) is 11.3. The molecule has 5 heteroatoms. The zero-order valence-corrected chi connectivity index (χ0v) is 23.7. The summed E-state index contributed by atoms with van der Waals surface area (Å²) in [5.74, 6) is 0.711. The fourth-order valence-corrected chi connectivity index (χ4v) is 6.79. The Bertz CT molecular complexity index is 1420. The molecule has 3 heterocycles. The molecule has 2 aliphatic rings. The highest BCUT2D eigenvalue weighted by Crippen LogP contribution is 2.41. The molecule has 0 aliphatic carbocycles. The molecule has 1 amide bonds. The van der Waals surface area contributed by atoms with Crippen LogP contribution in [0.4, 0.5) is 0 Å². The Kier molecular flexibility index (Phi) is 7.83. The largest absolute Gasteiger partial charge is 0.325 e. The van der Waals surface area contributed by atoms with Crippen LogP contribution in [-0.4, -0.2) is 45.1 Å². The van der Waals surface area contributed by atoms with Crippen molar-refractivity contribution in [3.8, 4) is 0 Å². The van der Waals surface area contributed by atoms with Crippen molar-refractivity contribution in [3.63, 3.8) is 0 Å². The van der Waals surface area contributed by atoms with Gasteiger partial charge in [-0.3, -0.25) is 9.48 Å². The molecular weight excluding hydrogens is 492 g/mol. The predicted molar refractivity (Wildman–Crippen MR) is 160 cm³/mol. The second-order valence-electron chi connectivity index (χ2n) is 11.3. The first-order valence-corrected chi connectivity index (χ1v) is 14.9. The van der Waals surface area contributed by atoms with E-state index in [0.717, 1.165) is 63.0 Å². The lowest BCUT2D eigenvalue weighted by Gasteiger charge is -2.36. The Balaban J connectivity index is 1.11. The Labute approximate surface area is 238 Å². The minimum atomic E-state index is 0.0656. The van der Waals surface area contributed by atoms with Crippen molar-refractivity contribution >= 4 is 5.91 Å². The molecule has 0 bridgehead atoms. The lowest BCUT2D eigenvalue weighted by molar-refractivity contribution is 0.0607. The van der Waals surface area contributed by atoms with Crippen LogP contribution in [0.15, 0.2) is 91.0 Å². The van der Waals surface area contributed by atoms with Crippen molar-refractivity contribution in [2.45, 2.75) is 64.1 Å². The van der Waals surface area contributed by atoms with E-state index < -0.39 is 0 Å². The first-order valence-electron chi connectivity index (χ1n) is 14.9. The minimum Gasteiger partial charge on any atom is -0.325 e. The molecule has 1 aromatic heterocycles. The fraction of sp³-hybridized carbons (Fsp3) is 0.371. The molecule has 40 heavy (non-hydrogen) atoms. The quantitative estimate of drug-likeness (QED) is 0.233. The van der Waals surface area contributed by atoms with Gasteiger partial charge in [0.15, 0.2) is 0 Å². The van der Waals surface area contributed by atoms with Crippen LogP contribution in [0.1, 0.15) is 89.5 Å². The highest BCUT2D eigenvalue weighted by atomic mass is 16.2. The molecule has 1 saturated heterocycles. The molecule has 0 N–H and O–H groups in total. The van der Waals surface area contributed by atoms with Crippen molar-refractivity contribution in [1.29, 1.82) is 0 Å². The summed E-state index contributed by atoms with van der Waals surface area (Å²) < 4.78 is 2.22. The average Bonchev–Trinajstić information content (AvgIpc) is 3.53. The van der Waals surface area contributed by atoms with Gasteiger partial charge < -0.3 is 9.80 Å². The maximum absolute atomic E-state index is 13.6. The highest BCUT2D eigenvalue weighted by Gasteiger charge is 2.38. The van der Waals surface area contributed by atoms with Gasteiger partial charge in [-0.05, 0) is 75.0 Å². The first kappa shape index (κ1) is 26.5. The van der Waals surface area contributed by atoms with Crippen molar-refractivity contribution in [3.05, 3.63) is 125 Å². The van der Waals surface area contributed by atoms with Crippen LogP contribution >= 0.6 is 0 Å². The van der Waals surface area contributed by atoms with Crippen molar-refractivity contribution < 1.29 is 4.79 Å². The van der Waals surface area contributed by atoms with E-state index in [9.17, 15) is 4.79 Å². The van der Waals surface area contributed by atoms with E-state index in [1.807, 2.05) is 18.2 Å². The number of carbonyl (C=O) groups is 1. The van der Waals surface area contributed by atoms with Crippen LogP contribution in [0.25, 0.3) is 0 Å². The molecule has 1 unspecified atom stereocenters. The number of amides is 1. The Morgan fingerprint density at radius 1 is 0.900 bits per heavy atom. The van der Waals surface area contributed by atoms with Gasteiger partial charge in [0, 0.05) is 36.7 Å². The lowest BCUT2D eigenvalue weighted by atomic mass is 9.92. The van der Waals surface area contributed by atoms with Crippen molar-refractivity contribution in [2.24, 2.45) is 0 Å². The third-order valence-corrected chi connectivity index (χ3v) is 8.93. The first-order chi connectivity index (χ1) is 19.6. The zero-order chi connectivity index (χ0) is 27.5. The smallest absolute Gasteiger partial charge is 0.255 e. The van der Waals surface area contributed by atoms with E-state index in [1.165, 1.54) is 22.5 Å². The molecule has 0 spiro atoms. The molecule has 0 saturated carbocycles. The van der Waals surface area contributed by atoms with Gasteiger partial charge in [0.05, 0.1) is 17.8 Å². The standard InChI is InChI=1S/C35H40N4O/c1-3-38-34(25-30(36-38)24-27-12-6-4-7-13-27)29-18-21-37(22-19-29)23-20-33(28-14-8-5-9-15-28)39-26(2)31-16-10-11-17-32(31)35(39)40/h4-17,25-26,29,33H,3,18-24H2,1-2H3/t26?,33-/m0/s1. The molecule has 2 aliphatic heterocycles. The summed E-state index contributed by atoms with van der Waals surface area (Å²) in [7, 11) is 0. The number of piperidine rings is 1. The number of hydrogen-bond donors (Lipinski definition) is 0. The second kappa shape index (κ2) is 11.8. The van der Waals surface area contributed by atoms with E-state index in [2.05, 4.69) is 101 Å². The average molecular weight is 533 g/mol. The zero-order valence-electron chi connectivity index (χ0n) is 23.7. The number of fused-ring (bicyclic) bond motifs is 1. The maximum Gasteiger partial charge on any atom is 0.255 e. The van der Waals surface area contributed by atoms with Crippen LogP contribution < -0.4 is 0 Å². The number of nitrogens with zero attached hydrogens (tertiary/aromatic N) is 4. The van der Waals surface area contributed by atoms with E-state index >= 15 is 0 Å². The van der Waals surface area contributed by atoms with Gasteiger partial charge in [0.25, 0.3) is 5.91 Å². The van der Waals surface area contributed by atoms with Gasteiger partial charge in [-0.2, -0.15) is 5.10 Å². The number of benzene rings is 3. The topological polar surface area (TPSA) is 41.4 Å². The van der Waals surface area contributed by atoms with E-state index in [0.29, 0.717) is 5.92 Å². The maximum atomic E-state index is 13.6. The van der Waals surface area contributed by atoms with Gasteiger partial charge >= 0.3 is 0 Å². The van der Waals surface area contributed by atoms with Gasteiger partial charge in [0.2, 0.25) is 0 Å². The van der Waals surface area contributed by atoms with E-state index in [-0.39, 0.29) is 18.0 Å². The number of hydrogen-bond acceptors (Lipinski definition) is 3. The SMILES string of the molecule is CCn1nc(Cc2ccccc2)cc1C1CCN(CC[C@@H](c2ccccc2)N2C(=O)c3ccccc3C2C)CC1. The number of carbonyl (C=O) groups excluding carboxylic acids is 1. The fourth-order valence-electron chi connectivity index (χ4n) is 6.79. The number of aryl methyl sites for hydroxylation is 1. The molecule has 0 radical (unpaired) electrons. The monoisotopic (exact) mass is 532 g/mol. The van der Waals surface area contributed by atoms with E-state index in [4.69, 9.17) is 5.10 Å². The number of likely N-dealkylation sites (tertiary alicyclic amines) is 1. The summed E-state index contributed by atoms with van der Waals surface area (Å²) in [5.41, 5.74) is 7.10. The minimum absolute atomic E-state index is 0.0656. The molecule has 5 nitrogen and oxygen atoms in total. The summed E-state index contributed by atoms with van der Waals surface area (Å²) >= 11 is 0. The van der Waals surface area contributed by atoms with E-state index in [1.54, 1.807) is 0 Å². The summed E-state index contributed by atoms with van der Waals surface area (Å²) in [6.07, 6.45) is 4.12. The predicted octanol–water partition coefficient (Wildman–Crippen LogP) is 7.02. The summed E-state index contributed by atoms with van der Waals surface area (Å²) in [6, 6.07) is 31.8. The Morgan fingerprint density at radius 2 is 1.57 bits per heavy atom. The molecular formula is C35H40N4O. The Hall–Kier alpha value is -3.70. The molecule has 6 rings (SSSR count). The third-order valence-electron chi connectivity index (χ3n) is 8.93. The van der Waals surface area contributed by atoms with Crippen LogP contribution in [-0.2, 0) is 13.0 Å². The van der Waals surface area contributed by atoms with Gasteiger partial charge in [0.1, 0.15) is 0 Å². The summed E-state index contributed by atoms with van der Waals surface area (Å²) in [5, 5.41) is 4.95. The van der Waals surface area contributed by atoms with Crippen LogP contribution in [0, 0.1) is 0 Å². The normalized spacial score (nSPS) is 18.7. The molecule has 206 valence electrons. The lowest BCUT2D eigenvalue weighted by Crippen LogP contribution is -2.38. The van der Waals surface area contributed by atoms with Crippen LogP contribution in [0.2, 0.25) is 0 Å². The Morgan fingerprint density at radius 3 is 2.27 bits per heavy atom. The van der Waals surface area contributed by atoms with Crippen LogP contribution in [0.3, 0.4) is 0 Å². The number of aromatic nitrogens is 2. The summed E-state index contributed by atoms with van der Waals surface area (Å²) in [6.45, 7) is 8.44.